The fraction of sp³-hybridized carbons (Fsp3) is 0.952. The van der Waals surface area contributed by atoms with Crippen LogP contribution in [0.2, 0.25) is 0 Å². The Labute approximate surface area is 165 Å². The van der Waals surface area contributed by atoms with Crippen LogP contribution in [0.4, 0.5) is 0 Å². The molecule has 4 rings (SSSR count). The van der Waals surface area contributed by atoms with Gasteiger partial charge in [0.2, 0.25) is 0 Å². The summed E-state index contributed by atoms with van der Waals surface area (Å²) in [6.45, 7) is 7.27. The number of aliphatic imine (C=N–C) groups is 1. The zero-order chi connectivity index (χ0) is 18.9. The van der Waals surface area contributed by atoms with E-state index in [4.69, 9.17) is 4.74 Å². The van der Waals surface area contributed by atoms with Crippen molar-refractivity contribution in [3.63, 3.8) is 0 Å². The Morgan fingerprint density at radius 1 is 1.11 bits per heavy atom. The number of hydrogen-bond donors (Lipinski definition) is 1. The third kappa shape index (κ3) is 3.99. The van der Waals surface area contributed by atoms with Crippen LogP contribution in [0.25, 0.3) is 0 Å². The summed E-state index contributed by atoms with van der Waals surface area (Å²) in [7, 11) is 6.32. The van der Waals surface area contributed by atoms with Crippen LogP contribution in [0, 0.1) is 11.8 Å². The molecule has 2 saturated heterocycles. The highest BCUT2D eigenvalue weighted by molar-refractivity contribution is 5.80. The van der Waals surface area contributed by atoms with Crippen molar-refractivity contribution in [1.29, 1.82) is 0 Å². The number of nitrogens with one attached hydrogen (secondary N) is 1. The second kappa shape index (κ2) is 8.26. The number of fused-ring (bicyclic) bond motifs is 2. The maximum absolute atomic E-state index is 5.61. The van der Waals surface area contributed by atoms with Crippen LogP contribution in [-0.4, -0.2) is 99.3 Å². The molecule has 3 atom stereocenters. The summed E-state index contributed by atoms with van der Waals surface area (Å²) in [6, 6.07) is 0.875. The third-order valence-electron chi connectivity index (χ3n) is 7.94. The van der Waals surface area contributed by atoms with Crippen molar-refractivity contribution in [3.05, 3.63) is 0 Å². The molecule has 2 aliphatic heterocycles. The van der Waals surface area contributed by atoms with Crippen LogP contribution in [0.3, 0.4) is 0 Å². The molecule has 2 heterocycles. The normalized spacial score (nSPS) is 34.4. The minimum Gasteiger partial charge on any atom is -0.381 e. The van der Waals surface area contributed by atoms with Crippen LogP contribution in [0.15, 0.2) is 4.99 Å². The molecule has 2 aliphatic carbocycles. The van der Waals surface area contributed by atoms with Crippen LogP contribution in [-0.2, 0) is 4.74 Å². The fourth-order valence-electron chi connectivity index (χ4n) is 6.03. The first-order valence-electron chi connectivity index (χ1n) is 11.1. The molecule has 0 spiro atoms. The van der Waals surface area contributed by atoms with Crippen molar-refractivity contribution < 1.29 is 4.74 Å². The van der Waals surface area contributed by atoms with Crippen molar-refractivity contribution in [3.8, 4) is 0 Å². The molecule has 0 amide bonds. The molecular formula is C21H39N5O. The average molecular weight is 378 g/mol. The monoisotopic (exact) mass is 377 g/mol. The first-order valence-corrected chi connectivity index (χ1v) is 11.1. The number of guanidine groups is 1. The Bertz CT molecular complexity index is 523. The van der Waals surface area contributed by atoms with E-state index in [0.717, 1.165) is 69.5 Å². The second-order valence-corrected chi connectivity index (χ2v) is 9.40. The molecular weight excluding hydrogens is 338 g/mol. The number of nitrogens with zero attached hydrogens (tertiary/aromatic N) is 4. The van der Waals surface area contributed by atoms with E-state index < -0.39 is 0 Å². The number of rotatable bonds is 4. The molecule has 154 valence electrons. The summed E-state index contributed by atoms with van der Waals surface area (Å²) in [4.78, 5) is 12.2. The average Bonchev–Trinajstić information content (AvgIpc) is 3.33. The van der Waals surface area contributed by atoms with Crippen LogP contribution in [0.1, 0.15) is 38.5 Å². The molecule has 6 nitrogen and oxygen atoms in total. The Balaban J connectivity index is 1.29. The minimum atomic E-state index is 0.180. The van der Waals surface area contributed by atoms with Gasteiger partial charge in [-0.25, -0.2) is 0 Å². The van der Waals surface area contributed by atoms with Gasteiger partial charge in [-0.1, -0.05) is 6.42 Å². The zero-order valence-electron chi connectivity index (χ0n) is 17.6. The smallest absolute Gasteiger partial charge is 0.193 e. The molecule has 0 aromatic carbocycles. The van der Waals surface area contributed by atoms with Gasteiger partial charge in [0.25, 0.3) is 0 Å². The molecule has 2 bridgehead atoms. The topological polar surface area (TPSA) is 43.3 Å². The van der Waals surface area contributed by atoms with Crippen molar-refractivity contribution >= 4 is 5.96 Å². The van der Waals surface area contributed by atoms with Gasteiger partial charge in [-0.05, 0) is 58.0 Å². The van der Waals surface area contributed by atoms with Crippen molar-refractivity contribution in [2.24, 2.45) is 16.8 Å². The number of piperazine rings is 1. The molecule has 4 fully saturated rings. The first-order chi connectivity index (χ1) is 13.1. The Morgan fingerprint density at radius 3 is 2.41 bits per heavy atom. The molecule has 2 saturated carbocycles. The van der Waals surface area contributed by atoms with Gasteiger partial charge in [-0.15, -0.1) is 0 Å². The highest BCUT2D eigenvalue weighted by atomic mass is 16.5. The van der Waals surface area contributed by atoms with E-state index in [0.29, 0.717) is 0 Å². The lowest BCUT2D eigenvalue weighted by molar-refractivity contribution is -0.00542. The van der Waals surface area contributed by atoms with Gasteiger partial charge in [0, 0.05) is 64.6 Å². The maximum atomic E-state index is 5.61. The summed E-state index contributed by atoms with van der Waals surface area (Å²) >= 11 is 0. The highest BCUT2D eigenvalue weighted by Crippen LogP contribution is 2.46. The van der Waals surface area contributed by atoms with E-state index >= 15 is 0 Å². The van der Waals surface area contributed by atoms with E-state index in [9.17, 15) is 0 Å². The summed E-state index contributed by atoms with van der Waals surface area (Å²) < 4.78 is 5.61. The van der Waals surface area contributed by atoms with E-state index in [1.807, 2.05) is 7.05 Å². The van der Waals surface area contributed by atoms with E-state index in [2.05, 4.69) is 39.1 Å². The Kier molecular flexibility index (Phi) is 5.95. The molecule has 6 heteroatoms. The summed E-state index contributed by atoms with van der Waals surface area (Å²) in [6.07, 6.45) is 8.12. The number of ether oxygens (including phenoxy) is 1. The lowest BCUT2D eigenvalue weighted by Gasteiger charge is -2.45. The van der Waals surface area contributed by atoms with Crippen molar-refractivity contribution in [2.75, 3.05) is 67.1 Å². The molecule has 1 N–H and O–H groups in total. The number of hydrogen-bond acceptors (Lipinski definition) is 4. The number of likely N-dealkylation sites (N-methyl/N-ethyl adjacent to an activating group) is 1. The SMILES string of the molecule is CN=C(NCC1(N(C)C)CCOCC1)N1CCN(C2CC3CCC2C3)CC1. The molecule has 4 aliphatic rings. The summed E-state index contributed by atoms with van der Waals surface area (Å²) in [5.41, 5.74) is 0.180. The van der Waals surface area contributed by atoms with Crippen LogP contribution < -0.4 is 5.32 Å². The van der Waals surface area contributed by atoms with Gasteiger partial charge in [-0.3, -0.25) is 9.89 Å². The Hall–Kier alpha value is -0.850. The predicted octanol–water partition coefficient (Wildman–Crippen LogP) is 1.48. The van der Waals surface area contributed by atoms with Gasteiger partial charge >= 0.3 is 0 Å². The lowest BCUT2D eigenvalue weighted by atomic mass is 9.88. The lowest BCUT2D eigenvalue weighted by Crippen LogP contribution is -2.60. The summed E-state index contributed by atoms with van der Waals surface area (Å²) in [5.74, 6) is 3.11. The highest BCUT2D eigenvalue weighted by Gasteiger charge is 2.43. The molecule has 3 unspecified atom stereocenters. The van der Waals surface area contributed by atoms with Gasteiger partial charge in [0.05, 0.1) is 0 Å². The maximum Gasteiger partial charge on any atom is 0.193 e. The Morgan fingerprint density at radius 2 is 1.85 bits per heavy atom. The molecule has 0 radical (unpaired) electrons. The first kappa shape index (κ1) is 19.5. The van der Waals surface area contributed by atoms with E-state index in [1.54, 1.807) is 0 Å². The van der Waals surface area contributed by atoms with E-state index in [-0.39, 0.29) is 5.54 Å². The van der Waals surface area contributed by atoms with Crippen LogP contribution >= 0.6 is 0 Å². The minimum absolute atomic E-state index is 0.180. The van der Waals surface area contributed by atoms with Gasteiger partial charge in [0.15, 0.2) is 5.96 Å². The van der Waals surface area contributed by atoms with Gasteiger partial charge < -0.3 is 19.9 Å². The zero-order valence-corrected chi connectivity index (χ0v) is 17.6. The molecule has 27 heavy (non-hydrogen) atoms. The second-order valence-electron chi connectivity index (χ2n) is 9.40. The molecule has 0 aromatic heterocycles. The van der Waals surface area contributed by atoms with Gasteiger partial charge in [0.1, 0.15) is 0 Å². The quantitative estimate of drug-likeness (QED) is 0.594. The van der Waals surface area contributed by atoms with Crippen molar-refractivity contribution in [1.82, 2.24) is 20.0 Å². The van der Waals surface area contributed by atoms with Gasteiger partial charge in [-0.2, -0.15) is 0 Å². The standard InChI is InChI=1S/C21H39N5O/c1-22-20(23-16-21(24(2)3)6-12-27-13-7-21)26-10-8-25(9-11-26)19-15-17-4-5-18(19)14-17/h17-19H,4-16H2,1-3H3,(H,22,23). The molecule has 0 aromatic rings. The largest absolute Gasteiger partial charge is 0.381 e. The summed E-state index contributed by atoms with van der Waals surface area (Å²) in [5, 5.41) is 3.70. The third-order valence-corrected chi connectivity index (χ3v) is 7.94. The van der Waals surface area contributed by atoms with Crippen molar-refractivity contribution in [2.45, 2.75) is 50.1 Å². The van der Waals surface area contributed by atoms with Crippen LogP contribution in [0.5, 0.6) is 0 Å². The van der Waals surface area contributed by atoms with E-state index in [1.165, 1.54) is 38.8 Å². The fourth-order valence-corrected chi connectivity index (χ4v) is 6.03. The predicted molar refractivity (Wildman–Crippen MR) is 110 cm³/mol.